The van der Waals surface area contributed by atoms with Crippen LogP contribution in [0.25, 0.3) is 0 Å². The summed E-state index contributed by atoms with van der Waals surface area (Å²) < 4.78 is 29.9. The molecule has 0 saturated carbocycles. The van der Waals surface area contributed by atoms with E-state index in [4.69, 9.17) is 19.7 Å². The van der Waals surface area contributed by atoms with Gasteiger partial charge in [-0.05, 0) is 25.3 Å². The molecule has 1 heterocycles. The molecule has 2 atom stereocenters. The van der Waals surface area contributed by atoms with E-state index in [1.54, 1.807) is 0 Å². The van der Waals surface area contributed by atoms with E-state index in [0.717, 1.165) is 13.0 Å². The van der Waals surface area contributed by atoms with Crippen LogP contribution in [0.3, 0.4) is 0 Å². The number of rotatable bonds is 26. The zero-order chi connectivity index (χ0) is 27.9. The third kappa shape index (κ3) is 18.9. The molecule has 1 rings (SSSR count). The highest BCUT2D eigenvalue weighted by atomic mass is 31.2. The smallest absolute Gasteiger partial charge is 0.353 e. The number of anilines is 1. The summed E-state index contributed by atoms with van der Waals surface area (Å²) in [5.41, 5.74) is 5.02. The van der Waals surface area contributed by atoms with Crippen LogP contribution in [-0.4, -0.2) is 46.7 Å². The van der Waals surface area contributed by atoms with Gasteiger partial charge in [0.1, 0.15) is 12.2 Å². The zero-order valence-electron chi connectivity index (χ0n) is 24.0. The lowest BCUT2D eigenvalue weighted by Gasteiger charge is -2.19. The summed E-state index contributed by atoms with van der Waals surface area (Å²) in [7, 11) is -3.88. The number of unbranched alkanes of at least 4 members (excludes halogenated alkanes) is 13. The maximum Gasteiger partial charge on any atom is 0.353 e. The average Bonchev–Trinajstić information content (AvgIpc) is 2.89. The molecular weight excluding hydrogens is 505 g/mol. The minimum atomic E-state index is -3.88. The molecule has 0 saturated heterocycles. The first kappa shape index (κ1) is 34.8. The summed E-state index contributed by atoms with van der Waals surface area (Å²) in [6.45, 7) is 5.71. The molecule has 0 bridgehead atoms. The quantitative estimate of drug-likeness (QED) is 0.0952. The number of aromatic nitrogens is 2. The maximum absolute atomic E-state index is 12.3. The fraction of sp³-hybridized carbons (Fsp3) is 0.857. The van der Waals surface area contributed by atoms with Crippen LogP contribution in [-0.2, 0) is 25.1 Å². The first-order chi connectivity index (χ1) is 18.4. The molecule has 38 heavy (non-hydrogen) atoms. The summed E-state index contributed by atoms with van der Waals surface area (Å²) in [6.07, 6.45) is 20.4. The number of nitrogens with two attached hydrogens (primary N) is 1. The van der Waals surface area contributed by atoms with E-state index in [-0.39, 0.29) is 19.0 Å². The molecule has 0 aliphatic rings. The minimum Gasteiger partial charge on any atom is -0.383 e. The van der Waals surface area contributed by atoms with Crippen molar-refractivity contribution in [2.45, 2.75) is 129 Å². The van der Waals surface area contributed by atoms with Gasteiger partial charge in [0.25, 0.3) is 0 Å². The van der Waals surface area contributed by atoms with Gasteiger partial charge in [-0.25, -0.2) is 4.79 Å². The van der Waals surface area contributed by atoms with Crippen molar-refractivity contribution in [3.05, 3.63) is 22.7 Å². The molecule has 0 amide bonds. The second kappa shape index (κ2) is 22.6. The van der Waals surface area contributed by atoms with Gasteiger partial charge in [0, 0.05) is 19.4 Å². The average molecular weight is 560 g/mol. The van der Waals surface area contributed by atoms with E-state index in [1.165, 1.54) is 100 Å². The summed E-state index contributed by atoms with van der Waals surface area (Å²) in [4.78, 5) is 25.6. The van der Waals surface area contributed by atoms with Gasteiger partial charge in [0.2, 0.25) is 0 Å². The molecule has 222 valence electrons. The summed E-state index contributed by atoms with van der Waals surface area (Å²) in [5, 5.41) is 0. The molecule has 3 N–H and O–H groups in total. The second-order valence-electron chi connectivity index (χ2n) is 10.1. The fourth-order valence-electron chi connectivity index (χ4n) is 4.21. The van der Waals surface area contributed by atoms with E-state index >= 15 is 0 Å². The fourth-order valence-corrected chi connectivity index (χ4v) is 5.09. The highest BCUT2D eigenvalue weighted by Crippen LogP contribution is 2.42. The van der Waals surface area contributed by atoms with Crippen molar-refractivity contribution >= 4 is 13.4 Å². The molecule has 9 nitrogen and oxygen atoms in total. The van der Waals surface area contributed by atoms with Gasteiger partial charge in [-0.3, -0.25) is 9.13 Å². The summed E-state index contributed by atoms with van der Waals surface area (Å²) in [5.74, 6) is 0.150. The summed E-state index contributed by atoms with van der Waals surface area (Å²) in [6, 6.07) is 1.52. The van der Waals surface area contributed by atoms with Gasteiger partial charge in [0.15, 0.2) is 0 Å². The molecule has 1 aromatic heterocycles. The van der Waals surface area contributed by atoms with Crippen LogP contribution in [0.4, 0.5) is 5.82 Å². The Bertz CT molecular complexity index is 807. The van der Waals surface area contributed by atoms with Crippen molar-refractivity contribution in [1.82, 2.24) is 9.55 Å². The van der Waals surface area contributed by atoms with Crippen molar-refractivity contribution in [2.75, 3.05) is 31.9 Å². The topological polar surface area (TPSA) is 126 Å². The largest absolute Gasteiger partial charge is 0.383 e. The number of nitrogens with zero attached hydrogens (tertiary/aromatic N) is 2. The molecule has 1 aromatic rings. The van der Waals surface area contributed by atoms with E-state index in [1.807, 2.05) is 6.92 Å². The van der Waals surface area contributed by atoms with Crippen LogP contribution in [0.1, 0.15) is 117 Å². The standard InChI is InChI=1S/C28H54N3O6P/c1-3-5-6-7-8-9-10-11-12-13-14-15-16-17-21-35-22-18-23-37-38(33,34)25-36-26(4-2)24-31-20-19-27(29)30-28(31)32/h19-20,26H,3-18,21-25H2,1-2H3,(H,33,34)(H2,29,30,32)/t26-/m1/s1. The van der Waals surface area contributed by atoms with Crippen molar-refractivity contribution in [3.63, 3.8) is 0 Å². The Kier molecular flexibility index (Phi) is 20.6. The van der Waals surface area contributed by atoms with Gasteiger partial charge in [-0.15, -0.1) is 0 Å². The van der Waals surface area contributed by atoms with E-state index in [2.05, 4.69) is 11.9 Å². The molecule has 1 unspecified atom stereocenters. The molecule has 10 heteroatoms. The van der Waals surface area contributed by atoms with Crippen molar-refractivity contribution in [1.29, 1.82) is 0 Å². The molecule has 0 spiro atoms. The van der Waals surface area contributed by atoms with Gasteiger partial charge in [-0.1, -0.05) is 97.3 Å². The van der Waals surface area contributed by atoms with Crippen LogP contribution in [0.15, 0.2) is 17.1 Å². The Morgan fingerprint density at radius 2 is 1.45 bits per heavy atom. The molecule has 0 aliphatic heterocycles. The van der Waals surface area contributed by atoms with Gasteiger partial charge < -0.3 is 24.6 Å². The first-order valence-electron chi connectivity index (χ1n) is 14.9. The van der Waals surface area contributed by atoms with E-state index in [0.29, 0.717) is 19.4 Å². The van der Waals surface area contributed by atoms with Gasteiger partial charge >= 0.3 is 13.3 Å². The number of nitrogen functional groups attached to an aromatic ring is 1. The predicted octanol–water partition coefficient (Wildman–Crippen LogP) is 6.67. The Morgan fingerprint density at radius 3 is 2.00 bits per heavy atom. The van der Waals surface area contributed by atoms with Crippen LogP contribution in [0.2, 0.25) is 0 Å². The number of hydrogen-bond acceptors (Lipinski definition) is 7. The van der Waals surface area contributed by atoms with Gasteiger partial charge in [0.05, 0.1) is 19.3 Å². The highest BCUT2D eigenvalue weighted by molar-refractivity contribution is 7.52. The number of ether oxygens (including phenoxy) is 2. The first-order valence-corrected chi connectivity index (χ1v) is 16.6. The Morgan fingerprint density at radius 1 is 0.895 bits per heavy atom. The molecular formula is C28H54N3O6P. The summed E-state index contributed by atoms with van der Waals surface area (Å²) >= 11 is 0. The van der Waals surface area contributed by atoms with Gasteiger partial charge in [-0.2, -0.15) is 4.98 Å². The lowest BCUT2D eigenvalue weighted by molar-refractivity contribution is 0.0532. The van der Waals surface area contributed by atoms with Crippen LogP contribution in [0, 0.1) is 0 Å². The highest BCUT2D eigenvalue weighted by Gasteiger charge is 2.22. The minimum absolute atomic E-state index is 0.133. The zero-order valence-corrected chi connectivity index (χ0v) is 24.9. The number of hydrogen-bond donors (Lipinski definition) is 2. The predicted molar refractivity (Wildman–Crippen MR) is 154 cm³/mol. The van der Waals surface area contributed by atoms with E-state index in [9.17, 15) is 14.3 Å². The van der Waals surface area contributed by atoms with Crippen molar-refractivity contribution < 1.29 is 23.5 Å². The molecule has 0 radical (unpaired) electrons. The Labute approximate surface area is 230 Å². The van der Waals surface area contributed by atoms with Crippen molar-refractivity contribution in [2.24, 2.45) is 0 Å². The lowest BCUT2D eigenvalue weighted by atomic mass is 10.0. The monoisotopic (exact) mass is 559 g/mol. The van der Waals surface area contributed by atoms with Crippen molar-refractivity contribution in [3.8, 4) is 0 Å². The molecule has 0 aliphatic carbocycles. The lowest BCUT2D eigenvalue weighted by Crippen LogP contribution is -2.30. The third-order valence-electron chi connectivity index (χ3n) is 6.59. The Balaban J connectivity index is 1.94. The van der Waals surface area contributed by atoms with Crippen LogP contribution >= 0.6 is 7.60 Å². The normalized spacial score (nSPS) is 14.0. The Hall–Kier alpha value is -1.25. The molecule has 0 fully saturated rings. The van der Waals surface area contributed by atoms with E-state index < -0.39 is 25.7 Å². The van der Waals surface area contributed by atoms with Crippen LogP contribution in [0.5, 0.6) is 0 Å². The van der Waals surface area contributed by atoms with Crippen LogP contribution < -0.4 is 11.4 Å². The second-order valence-corrected chi connectivity index (χ2v) is 11.9. The SMILES string of the molecule is CCCCCCCCCCCCCCCCOCCCOP(=O)(O)CO[C@H](CC)Cn1ccc(N)nc1=O. The maximum atomic E-state index is 12.3. The molecule has 0 aromatic carbocycles. The third-order valence-corrected chi connectivity index (χ3v) is 7.65.